The normalized spacial score (nSPS) is 23.0. The zero-order chi connectivity index (χ0) is 20.4. The Hall–Kier alpha value is -2.57. The number of carbonyl (C=O) groups is 3. The van der Waals surface area contributed by atoms with Crippen LogP contribution in [0.2, 0.25) is 0 Å². The van der Waals surface area contributed by atoms with Crippen molar-refractivity contribution in [3.8, 4) is 0 Å². The van der Waals surface area contributed by atoms with Crippen LogP contribution in [-0.4, -0.2) is 47.7 Å². The number of carboxylic acid groups (broad SMARTS) is 1. The lowest BCUT2D eigenvalue weighted by Crippen LogP contribution is -2.60. The SMILES string of the molecule is CCOC(=O)c1ccc(C2(C(N)=O)CCN(C(=O)O)CC2C(C)(C)C)cc1. The standard InChI is InChI=1S/C20H28N2O5/c1-5-27-16(23)13-6-8-14(9-7-13)20(17(21)24)10-11-22(18(25)26)12-15(20)19(2,3)4/h6-9,15H,5,10-12H2,1-4H3,(H2,21,24)(H,25,26). The Morgan fingerprint density at radius 3 is 2.30 bits per heavy atom. The summed E-state index contributed by atoms with van der Waals surface area (Å²) in [6, 6.07) is 6.71. The Morgan fingerprint density at radius 1 is 1.26 bits per heavy atom. The van der Waals surface area contributed by atoms with Gasteiger partial charge in [0.05, 0.1) is 17.6 Å². The molecular formula is C20H28N2O5. The minimum Gasteiger partial charge on any atom is -0.465 e. The van der Waals surface area contributed by atoms with Crippen molar-refractivity contribution < 1.29 is 24.2 Å². The molecular weight excluding hydrogens is 348 g/mol. The summed E-state index contributed by atoms with van der Waals surface area (Å²) in [4.78, 5) is 37.4. The first kappa shape index (κ1) is 20.7. The summed E-state index contributed by atoms with van der Waals surface area (Å²) in [5, 5.41) is 9.41. The van der Waals surface area contributed by atoms with Gasteiger partial charge >= 0.3 is 12.1 Å². The van der Waals surface area contributed by atoms with Gasteiger partial charge in [-0.25, -0.2) is 9.59 Å². The van der Waals surface area contributed by atoms with Crippen molar-refractivity contribution in [2.45, 2.75) is 39.5 Å². The molecule has 1 aliphatic heterocycles. The molecule has 7 heteroatoms. The van der Waals surface area contributed by atoms with E-state index < -0.39 is 23.4 Å². The van der Waals surface area contributed by atoms with Crippen molar-refractivity contribution in [2.24, 2.45) is 17.1 Å². The summed E-state index contributed by atoms with van der Waals surface area (Å²) in [6.07, 6.45) is -0.699. The molecule has 148 valence electrons. The van der Waals surface area contributed by atoms with Crippen molar-refractivity contribution in [2.75, 3.05) is 19.7 Å². The van der Waals surface area contributed by atoms with Crippen molar-refractivity contribution >= 4 is 18.0 Å². The maximum atomic E-state index is 12.7. The second-order valence-electron chi connectivity index (χ2n) is 8.03. The number of amides is 2. The number of primary amides is 1. The van der Waals surface area contributed by atoms with Crippen LogP contribution in [0.15, 0.2) is 24.3 Å². The highest BCUT2D eigenvalue weighted by atomic mass is 16.5. The number of rotatable bonds is 4. The molecule has 2 rings (SSSR count). The van der Waals surface area contributed by atoms with E-state index >= 15 is 0 Å². The topological polar surface area (TPSA) is 110 Å². The fraction of sp³-hybridized carbons (Fsp3) is 0.550. The fourth-order valence-corrected chi connectivity index (χ4v) is 4.04. The van der Waals surface area contributed by atoms with Gasteiger partial charge in [0, 0.05) is 19.0 Å². The molecule has 1 aromatic rings. The second kappa shape index (κ2) is 7.58. The fourth-order valence-electron chi connectivity index (χ4n) is 4.04. The summed E-state index contributed by atoms with van der Waals surface area (Å²) in [5.41, 5.74) is 5.63. The average Bonchev–Trinajstić information content (AvgIpc) is 2.60. The van der Waals surface area contributed by atoms with Crippen molar-refractivity contribution in [1.82, 2.24) is 4.90 Å². The lowest BCUT2D eigenvalue weighted by molar-refractivity contribution is -0.130. The van der Waals surface area contributed by atoms with E-state index in [0.717, 1.165) is 0 Å². The number of esters is 1. The summed E-state index contributed by atoms with van der Waals surface area (Å²) in [6.45, 7) is 8.41. The minimum absolute atomic E-state index is 0.224. The van der Waals surface area contributed by atoms with Gasteiger partial charge in [0.15, 0.2) is 0 Å². The number of benzene rings is 1. The molecule has 0 spiro atoms. The van der Waals surface area contributed by atoms with Gasteiger partial charge in [-0.2, -0.15) is 0 Å². The van der Waals surface area contributed by atoms with Gasteiger partial charge in [-0.05, 0) is 36.5 Å². The summed E-state index contributed by atoms with van der Waals surface area (Å²) in [5.74, 6) is -1.21. The Balaban J connectivity index is 2.50. The number of hydrogen-bond donors (Lipinski definition) is 2. The Morgan fingerprint density at radius 2 is 1.85 bits per heavy atom. The van der Waals surface area contributed by atoms with Gasteiger partial charge in [0.25, 0.3) is 0 Å². The molecule has 2 atom stereocenters. The first-order chi connectivity index (χ1) is 12.5. The second-order valence-corrected chi connectivity index (χ2v) is 8.03. The van der Waals surface area contributed by atoms with Crippen LogP contribution >= 0.6 is 0 Å². The molecule has 1 heterocycles. The summed E-state index contributed by atoms with van der Waals surface area (Å²) in [7, 11) is 0. The van der Waals surface area contributed by atoms with Crippen LogP contribution in [0.1, 0.15) is 50.0 Å². The molecule has 0 bridgehead atoms. The molecule has 3 N–H and O–H groups in total. The smallest absolute Gasteiger partial charge is 0.407 e. The first-order valence-corrected chi connectivity index (χ1v) is 9.09. The third-order valence-electron chi connectivity index (χ3n) is 5.44. The molecule has 27 heavy (non-hydrogen) atoms. The van der Waals surface area contributed by atoms with E-state index in [1.54, 1.807) is 31.2 Å². The van der Waals surface area contributed by atoms with Gasteiger partial charge < -0.3 is 20.5 Å². The van der Waals surface area contributed by atoms with Crippen molar-refractivity contribution in [1.29, 1.82) is 0 Å². The molecule has 1 aromatic carbocycles. The van der Waals surface area contributed by atoms with Crippen LogP contribution in [0.3, 0.4) is 0 Å². The molecule has 2 unspecified atom stereocenters. The van der Waals surface area contributed by atoms with E-state index in [-0.39, 0.29) is 31.0 Å². The van der Waals surface area contributed by atoms with Gasteiger partial charge in [0.1, 0.15) is 0 Å². The quantitative estimate of drug-likeness (QED) is 0.785. The lowest BCUT2D eigenvalue weighted by Gasteiger charge is -2.51. The van der Waals surface area contributed by atoms with E-state index in [2.05, 4.69) is 0 Å². The number of piperidine rings is 1. The number of likely N-dealkylation sites (tertiary alicyclic amines) is 1. The van der Waals surface area contributed by atoms with Gasteiger partial charge in [-0.3, -0.25) is 4.79 Å². The van der Waals surface area contributed by atoms with E-state index in [0.29, 0.717) is 17.5 Å². The highest BCUT2D eigenvalue weighted by molar-refractivity contribution is 5.91. The molecule has 1 aliphatic rings. The van der Waals surface area contributed by atoms with E-state index in [1.807, 2.05) is 20.8 Å². The maximum Gasteiger partial charge on any atom is 0.407 e. The number of nitrogens with two attached hydrogens (primary N) is 1. The zero-order valence-corrected chi connectivity index (χ0v) is 16.3. The third kappa shape index (κ3) is 3.91. The first-order valence-electron chi connectivity index (χ1n) is 9.09. The van der Waals surface area contributed by atoms with E-state index in [9.17, 15) is 19.5 Å². The largest absolute Gasteiger partial charge is 0.465 e. The Labute approximate surface area is 159 Å². The van der Waals surface area contributed by atoms with Gasteiger partial charge in [0.2, 0.25) is 5.91 Å². The molecule has 0 radical (unpaired) electrons. The molecule has 1 saturated heterocycles. The number of ether oxygens (including phenoxy) is 1. The minimum atomic E-state index is -1.00. The number of carbonyl (C=O) groups excluding carboxylic acids is 2. The number of hydrogen-bond acceptors (Lipinski definition) is 4. The number of nitrogens with zero attached hydrogens (tertiary/aromatic N) is 1. The molecule has 0 aliphatic carbocycles. The van der Waals surface area contributed by atoms with Crippen LogP contribution in [0.5, 0.6) is 0 Å². The lowest BCUT2D eigenvalue weighted by atomic mass is 9.57. The van der Waals surface area contributed by atoms with Crippen LogP contribution in [-0.2, 0) is 14.9 Å². The molecule has 0 saturated carbocycles. The van der Waals surface area contributed by atoms with Gasteiger partial charge in [-0.15, -0.1) is 0 Å². The zero-order valence-electron chi connectivity index (χ0n) is 16.3. The van der Waals surface area contributed by atoms with Crippen LogP contribution < -0.4 is 5.73 Å². The Kier molecular flexibility index (Phi) is 5.82. The summed E-state index contributed by atoms with van der Waals surface area (Å²) >= 11 is 0. The monoisotopic (exact) mass is 376 g/mol. The van der Waals surface area contributed by atoms with Crippen molar-refractivity contribution in [3.05, 3.63) is 35.4 Å². The van der Waals surface area contributed by atoms with Crippen LogP contribution in [0.25, 0.3) is 0 Å². The van der Waals surface area contributed by atoms with Crippen LogP contribution in [0, 0.1) is 11.3 Å². The highest BCUT2D eigenvalue weighted by Crippen LogP contribution is 2.48. The average molecular weight is 376 g/mol. The predicted molar refractivity (Wildman–Crippen MR) is 100 cm³/mol. The van der Waals surface area contributed by atoms with Crippen LogP contribution in [0.4, 0.5) is 4.79 Å². The predicted octanol–water partition coefficient (Wildman–Crippen LogP) is 2.63. The van der Waals surface area contributed by atoms with Crippen molar-refractivity contribution in [3.63, 3.8) is 0 Å². The Bertz CT molecular complexity index is 723. The van der Waals surface area contributed by atoms with E-state index in [4.69, 9.17) is 10.5 Å². The third-order valence-corrected chi connectivity index (χ3v) is 5.44. The molecule has 1 fully saturated rings. The van der Waals surface area contributed by atoms with Gasteiger partial charge in [-0.1, -0.05) is 32.9 Å². The molecule has 0 aromatic heterocycles. The highest BCUT2D eigenvalue weighted by Gasteiger charge is 2.53. The van der Waals surface area contributed by atoms with E-state index in [1.165, 1.54) is 4.90 Å². The summed E-state index contributed by atoms with van der Waals surface area (Å²) < 4.78 is 5.00. The molecule has 7 nitrogen and oxygen atoms in total. The molecule has 2 amide bonds. The maximum absolute atomic E-state index is 12.7.